The zero-order valence-electron chi connectivity index (χ0n) is 10.0. The molecule has 6 heteroatoms. The minimum Gasteiger partial charge on any atom is -0.383 e. The van der Waals surface area contributed by atoms with Gasteiger partial charge in [0.05, 0.1) is 19.8 Å². The van der Waals surface area contributed by atoms with E-state index in [-0.39, 0.29) is 12.1 Å². The summed E-state index contributed by atoms with van der Waals surface area (Å²) in [5.74, 6) is 0. The Hall–Kier alpha value is -0.850. The molecule has 0 saturated carbocycles. The van der Waals surface area contributed by atoms with Crippen LogP contribution in [0.4, 0.5) is 4.79 Å². The minimum absolute atomic E-state index is 0.00912. The number of likely N-dealkylation sites (N-methyl/N-ethyl adjacent to an activating group) is 1. The molecule has 94 valence electrons. The predicted octanol–water partition coefficient (Wildman–Crippen LogP) is -0.656. The van der Waals surface area contributed by atoms with E-state index in [1.54, 1.807) is 24.0 Å². The van der Waals surface area contributed by atoms with Gasteiger partial charge in [-0.1, -0.05) is 0 Å². The second-order valence-electron chi connectivity index (χ2n) is 3.98. The summed E-state index contributed by atoms with van der Waals surface area (Å²) in [7, 11) is 3.36. The molecule has 0 aromatic heterocycles. The highest BCUT2D eigenvalue weighted by Crippen LogP contribution is 2.02. The Morgan fingerprint density at radius 1 is 1.56 bits per heavy atom. The van der Waals surface area contributed by atoms with E-state index in [2.05, 4.69) is 0 Å². The van der Waals surface area contributed by atoms with Crippen LogP contribution in [0.5, 0.6) is 0 Å². The lowest BCUT2D eigenvalue weighted by Crippen LogP contribution is -2.50. The van der Waals surface area contributed by atoms with Gasteiger partial charge in [-0.05, 0) is 0 Å². The topological polar surface area (TPSA) is 68.0 Å². The number of urea groups is 1. The molecule has 0 aromatic rings. The van der Waals surface area contributed by atoms with Gasteiger partial charge in [0.15, 0.2) is 0 Å². The molecular weight excluding hydrogens is 210 g/mol. The van der Waals surface area contributed by atoms with Gasteiger partial charge in [0.2, 0.25) is 0 Å². The van der Waals surface area contributed by atoms with Gasteiger partial charge in [-0.3, -0.25) is 0 Å². The number of carbonyl (C=O) groups excluding carboxylic acids is 1. The summed E-state index contributed by atoms with van der Waals surface area (Å²) in [6.45, 7) is 3.50. The number of nitrogens with two attached hydrogens (primary N) is 1. The molecular formula is C10H21N3O3. The lowest BCUT2D eigenvalue weighted by molar-refractivity contribution is 0.0441. The maximum absolute atomic E-state index is 11.9. The Morgan fingerprint density at radius 2 is 2.19 bits per heavy atom. The second kappa shape index (κ2) is 6.67. The summed E-state index contributed by atoms with van der Waals surface area (Å²) in [4.78, 5) is 15.4. The summed E-state index contributed by atoms with van der Waals surface area (Å²) in [5, 5.41) is 0. The largest absolute Gasteiger partial charge is 0.383 e. The van der Waals surface area contributed by atoms with Gasteiger partial charge < -0.3 is 25.0 Å². The van der Waals surface area contributed by atoms with Crippen molar-refractivity contribution in [2.24, 2.45) is 5.73 Å². The highest BCUT2D eigenvalue weighted by atomic mass is 16.5. The Balaban J connectivity index is 2.34. The first-order valence-electron chi connectivity index (χ1n) is 5.47. The third-order valence-corrected chi connectivity index (χ3v) is 2.50. The van der Waals surface area contributed by atoms with Crippen LogP contribution in [-0.2, 0) is 9.47 Å². The number of carbonyl (C=O) groups is 1. The molecule has 1 fully saturated rings. The Kier molecular flexibility index (Phi) is 5.51. The van der Waals surface area contributed by atoms with Crippen LogP contribution in [0.1, 0.15) is 0 Å². The first-order valence-corrected chi connectivity index (χ1v) is 5.47. The number of nitrogens with zero attached hydrogens (tertiary/aromatic N) is 2. The van der Waals surface area contributed by atoms with Crippen molar-refractivity contribution in [1.82, 2.24) is 9.80 Å². The molecule has 0 aromatic carbocycles. The SMILES string of the molecule is COCC(N)CN(C)C(=O)N1CCOCC1. The van der Waals surface area contributed by atoms with Crippen molar-refractivity contribution in [3.05, 3.63) is 0 Å². The molecule has 6 nitrogen and oxygen atoms in total. The average Bonchev–Trinajstić information content (AvgIpc) is 2.29. The lowest BCUT2D eigenvalue weighted by Gasteiger charge is -2.31. The number of hydrogen-bond acceptors (Lipinski definition) is 4. The number of morpholine rings is 1. The van der Waals surface area contributed by atoms with E-state index in [0.717, 1.165) is 0 Å². The Labute approximate surface area is 96.3 Å². The van der Waals surface area contributed by atoms with Crippen LogP contribution < -0.4 is 5.73 Å². The first-order chi connectivity index (χ1) is 7.65. The summed E-state index contributed by atoms with van der Waals surface area (Å²) < 4.78 is 10.1. The predicted molar refractivity (Wildman–Crippen MR) is 60.3 cm³/mol. The van der Waals surface area contributed by atoms with Crippen LogP contribution in [0.2, 0.25) is 0 Å². The smallest absolute Gasteiger partial charge is 0.319 e. The lowest BCUT2D eigenvalue weighted by atomic mass is 10.3. The maximum Gasteiger partial charge on any atom is 0.319 e. The van der Waals surface area contributed by atoms with Crippen molar-refractivity contribution in [2.75, 3.05) is 53.6 Å². The molecule has 1 aliphatic heterocycles. The van der Waals surface area contributed by atoms with E-state index in [0.29, 0.717) is 39.5 Å². The van der Waals surface area contributed by atoms with Crippen LogP contribution in [0.3, 0.4) is 0 Å². The Bertz CT molecular complexity index is 219. The summed E-state index contributed by atoms with van der Waals surface area (Å²) >= 11 is 0. The number of hydrogen-bond donors (Lipinski definition) is 1. The van der Waals surface area contributed by atoms with Gasteiger partial charge in [0.25, 0.3) is 0 Å². The van der Waals surface area contributed by atoms with Gasteiger partial charge in [0, 0.05) is 39.8 Å². The first kappa shape index (κ1) is 13.2. The number of methoxy groups -OCH3 is 1. The molecule has 16 heavy (non-hydrogen) atoms. The molecule has 1 rings (SSSR count). The van der Waals surface area contributed by atoms with E-state index in [1.807, 2.05) is 0 Å². The molecule has 0 bridgehead atoms. The van der Waals surface area contributed by atoms with Crippen LogP contribution in [-0.4, -0.2) is 75.5 Å². The van der Waals surface area contributed by atoms with E-state index < -0.39 is 0 Å². The highest BCUT2D eigenvalue weighted by Gasteiger charge is 2.21. The molecule has 0 aliphatic carbocycles. The van der Waals surface area contributed by atoms with E-state index in [1.165, 1.54) is 0 Å². The summed E-state index contributed by atoms with van der Waals surface area (Å²) in [6, 6.07) is -0.130. The highest BCUT2D eigenvalue weighted by molar-refractivity contribution is 5.74. The van der Waals surface area contributed by atoms with Crippen molar-refractivity contribution in [2.45, 2.75) is 6.04 Å². The van der Waals surface area contributed by atoms with Crippen LogP contribution >= 0.6 is 0 Å². The van der Waals surface area contributed by atoms with Gasteiger partial charge in [-0.15, -0.1) is 0 Å². The van der Waals surface area contributed by atoms with Crippen molar-refractivity contribution < 1.29 is 14.3 Å². The fraction of sp³-hybridized carbons (Fsp3) is 0.900. The van der Waals surface area contributed by atoms with Crippen molar-refractivity contribution >= 4 is 6.03 Å². The molecule has 1 saturated heterocycles. The van der Waals surface area contributed by atoms with E-state index in [4.69, 9.17) is 15.2 Å². The third-order valence-electron chi connectivity index (χ3n) is 2.50. The fourth-order valence-electron chi connectivity index (χ4n) is 1.69. The summed E-state index contributed by atoms with van der Waals surface area (Å²) in [6.07, 6.45) is 0. The summed E-state index contributed by atoms with van der Waals surface area (Å²) in [5.41, 5.74) is 5.79. The van der Waals surface area contributed by atoms with Gasteiger partial charge in [0.1, 0.15) is 0 Å². The molecule has 0 spiro atoms. The van der Waals surface area contributed by atoms with E-state index >= 15 is 0 Å². The average molecular weight is 231 g/mol. The monoisotopic (exact) mass is 231 g/mol. The standard InChI is InChI=1S/C10H21N3O3/c1-12(7-9(11)8-15-2)10(14)13-3-5-16-6-4-13/h9H,3-8,11H2,1-2H3. The molecule has 1 heterocycles. The zero-order chi connectivity index (χ0) is 12.0. The van der Waals surface area contributed by atoms with Gasteiger partial charge in [-0.2, -0.15) is 0 Å². The van der Waals surface area contributed by atoms with Crippen LogP contribution in [0.25, 0.3) is 0 Å². The molecule has 2 amide bonds. The van der Waals surface area contributed by atoms with Gasteiger partial charge in [-0.25, -0.2) is 4.79 Å². The molecule has 2 N–H and O–H groups in total. The second-order valence-corrected chi connectivity index (χ2v) is 3.98. The van der Waals surface area contributed by atoms with Crippen LogP contribution in [0.15, 0.2) is 0 Å². The van der Waals surface area contributed by atoms with Crippen molar-refractivity contribution in [1.29, 1.82) is 0 Å². The fourth-order valence-corrected chi connectivity index (χ4v) is 1.69. The normalized spacial score (nSPS) is 18.3. The third kappa shape index (κ3) is 3.96. The quantitative estimate of drug-likeness (QED) is 0.697. The number of ether oxygens (including phenoxy) is 2. The maximum atomic E-state index is 11.9. The van der Waals surface area contributed by atoms with Crippen LogP contribution in [0, 0.1) is 0 Å². The Morgan fingerprint density at radius 3 is 2.75 bits per heavy atom. The van der Waals surface area contributed by atoms with Crippen molar-refractivity contribution in [3.8, 4) is 0 Å². The van der Waals surface area contributed by atoms with Gasteiger partial charge >= 0.3 is 6.03 Å². The van der Waals surface area contributed by atoms with Crippen molar-refractivity contribution in [3.63, 3.8) is 0 Å². The number of rotatable bonds is 4. The molecule has 1 unspecified atom stereocenters. The zero-order valence-corrected chi connectivity index (χ0v) is 10.0. The van der Waals surface area contributed by atoms with E-state index in [9.17, 15) is 4.79 Å². The molecule has 1 aliphatic rings. The minimum atomic E-state index is -0.139. The molecule has 0 radical (unpaired) electrons. The molecule has 1 atom stereocenters. The number of amides is 2.